The van der Waals surface area contributed by atoms with E-state index in [1.54, 1.807) is 19.4 Å². The molecule has 2 aromatic heterocycles. The zero-order valence-electron chi connectivity index (χ0n) is 22.5. The largest absolute Gasteiger partial charge is 0.494 e. The van der Waals surface area contributed by atoms with Crippen LogP contribution in [0, 0.1) is 11.3 Å². The van der Waals surface area contributed by atoms with E-state index in [4.69, 9.17) is 14.7 Å². The van der Waals surface area contributed by atoms with Gasteiger partial charge in [-0.3, -0.25) is 9.36 Å². The molecule has 11 heteroatoms. The molecule has 0 bridgehead atoms. The highest BCUT2D eigenvalue weighted by Gasteiger charge is 2.30. The van der Waals surface area contributed by atoms with E-state index in [0.29, 0.717) is 46.8 Å². The van der Waals surface area contributed by atoms with Crippen LogP contribution in [0.4, 0.5) is 23.0 Å². The van der Waals surface area contributed by atoms with Crippen LogP contribution in [0.5, 0.6) is 5.75 Å². The molecule has 1 fully saturated rings. The standard InChI is InChI=1S/C28H31N9O2/c1-35(2)11-12-36(3)24-15-25(39-4)22(14-20(24)31-17-38)33-28-30-10-9-26(34-28)37-23-8-5-18(16-29)13-21(23)32-27(37)19-6-7-19/h5,8-10,13-15,17,19H,6-7,11-12H2,1-4H3,(H,31,38)(H,30,33,34). The predicted molar refractivity (Wildman–Crippen MR) is 151 cm³/mol. The number of nitrogens with zero attached hydrogens (tertiary/aromatic N) is 7. The molecule has 0 saturated heterocycles. The number of hydrogen-bond acceptors (Lipinski definition) is 9. The van der Waals surface area contributed by atoms with Crippen LogP contribution in [-0.2, 0) is 4.79 Å². The van der Waals surface area contributed by atoms with E-state index in [1.165, 1.54) is 0 Å². The second-order valence-electron chi connectivity index (χ2n) is 9.82. The molecule has 200 valence electrons. The molecular weight excluding hydrogens is 494 g/mol. The molecule has 4 aromatic rings. The number of benzene rings is 2. The minimum Gasteiger partial charge on any atom is -0.494 e. The molecule has 2 N–H and O–H groups in total. The SMILES string of the molecule is COc1cc(N(C)CCN(C)C)c(NC=O)cc1Nc1nccc(-n2c(C3CC3)nc3cc(C#N)ccc32)n1. The van der Waals surface area contributed by atoms with Crippen molar-refractivity contribution in [3.63, 3.8) is 0 Å². The fourth-order valence-corrected chi connectivity index (χ4v) is 4.48. The van der Waals surface area contributed by atoms with Gasteiger partial charge in [0.15, 0.2) is 0 Å². The Morgan fingerprint density at radius 3 is 2.64 bits per heavy atom. The first-order valence-corrected chi connectivity index (χ1v) is 12.7. The first-order chi connectivity index (χ1) is 18.9. The molecule has 1 saturated carbocycles. The molecule has 0 radical (unpaired) electrons. The van der Waals surface area contributed by atoms with Gasteiger partial charge < -0.3 is 25.2 Å². The van der Waals surface area contributed by atoms with Crippen molar-refractivity contribution in [1.29, 1.82) is 5.26 Å². The average Bonchev–Trinajstić information content (AvgIpc) is 3.71. The van der Waals surface area contributed by atoms with Gasteiger partial charge in [-0.05, 0) is 57.3 Å². The van der Waals surface area contributed by atoms with Crippen LogP contribution in [-0.4, -0.2) is 72.2 Å². The third-order valence-corrected chi connectivity index (χ3v) is 6.69. The molecule has 1 amide bonds. The summed E-state index contributed by atoms with van der Waals surface area (Å²) in [7, 11) is 7.61. The van der Waals surface area contributed by atoms with E-state index < -0.39 is 0 Å². The minimum atomic E-state index is 0.364. The van der Waals surface area contributed by atoms with Crippen molar-refractivity contribution < 1.29 is 9.53 Å². The third kappa shape index (κ3) is 5.46. The van der Waals surface area contributed by atoms with Crippen LogP contribution in [0.15, 0.2) is 42.6 Å². The Hall–Kier alpha value is -4.69. The average molecular weight is 526 g/mol. The zero-order chi connectivity index (χ0) is 27.5. The fraction of sp³-hybridized carbons (Fsp3) is 0.321. The number of fused-ring (bicyclic) bond motifs is 1. The summed E-state index contributed by atoms with van der Waals surface area (Å²) in [5, 5.41) is 15.4. The molecular formula is C28H31N9O2. The van der Waals surface area contributed by atoms with Crippen LogP contribution >= 0.6 is 0 Å². The van der Waals surface area contributed by atoms with Gasteiger partial charge in [0.1, 0.15) is 17.4 Å². The number of methoxy groups -OCH3 is 1. The maximum atomic E-state index is 11.4. The lowest BCUT2D eigenvalue weighted by Gasteiger charge is -2.25. The number of likely N-dealkylation sites (N-methyl/N-ethyl adjacent to an activating group) is 2. The summed E-state index contributed by atoms with van der Waals surface area (Å²) < 4.78 is 7.74. The van der Waals surface area contributed by atoms with Crippen molar-refractivity contribution in [3.8, 4) is 17.6 Å². The summed E-state index contributed by atoms with van der Waals surface area (Å²) in [6.07, 6.45) is 4.50. The van der Waals surface area contributed by atoms with Gasteiger partial charge in [-0.25, -0.2) is 9.97 Å². The number of nitrogens with one attached hydrogen (secondary N) is 2. The normalized spacial score (nSPS) is 12.8. The van der Waals surface area contributed by atoms with E-state index in [2.05, 4.69) is 31.5 Å². The Labute approximate surface area is 227 Å². The number of nitriles is 1. The van der Waals surface area contributed by atoms with E-state index in [-0.39, 0.29) is 0 Å². The van der Waals surface area contributed by atoms with Gasteiger partial charge in [0.2, 0.25) is 12.4 Å². The maximum absolute atomic E-state index is 11.4. The summed E-state index contributed by atoms with van der Waals surface area (Å²) in [6, 6.07) is 13.2. The lowest BCUT2D eigenvalue weighted by Crippen LogP contribution is -2.29. The molecule has 2 aromatic carbocycles. The first kappa shape index (κ1) is 25.9. The van der Waals surface area contributed by atoms with Gasteiger partial charge in [-0.1, -0.05) is 0 Å². The molecule has 11 nitrogen and oxygen atoms in total. The molecule has 2 heterocycles. The van der Waals surface area contributed by atoms with Crippen molar-refractivity contribution in [1.82, 2.24) is 24.4 Å². The minimum absolute atomic E-state index is 0.364. The smallest absolute Gasteiger partial charge is 0.229 e. The van der Waals surface area contributed by atoms with Gasteiger partial charge in [0.25, 0.3) is 0 Å². The topological polar surface area (TPSA) is 124 Å². The van der Waals surface area contributed by atoms with Gasteiger partial charge in [-0.2, -0.15) is 10.2 Å². The molecule has 1 aliphatic rings. The Morgan fingerprint density at radius 2 is 1.95 bits per heavy atom. The summed E-state index contributed by atoms with van der Waals surface area (Å²) >= 11 is 0. The number of amides is 1. The summed E-state index contributed by atoms with van der Waals surface area (Å²) in [6.45, 7) is 1.61. The van der Waals surface area contributed by atoms with Crippen LogP contribution in [0.2, 0.25) is 0 Å². The Kier molecular flexibility index (Phi) is 7.29. The highest BCUT2D eigenvalue weighted by molar-refractivity contribution is 5.87. The predicted octanol–water partition coefficient (Wildman–Crippen LogP) is 3.88. The van der Waals surface area contributed by atoms with E-state index >= 15 is 0 Å². The van der Waals surface area contributed by atoms with E-state index in [0.717, 1.165) is 48.5 Å². The van der Waals surface area contributed by atoms with Crippen molar-refractivity contribution in [2.45, 2.75) is 18.8 Å². The molecule has 5 rings (SSSR count). The molecule has 0 atom stereocenters. The maximum Gasteiger partial charge on any atom is 0.229 e. The number of aromatic nitrogens is 4. The van der Waals surface area contributed by atoms with E-state index in [1.807, 2.05) is 56.0 Å². The summed E-state index contributed by atoms with van der Waals surface area (Å²) in [4.78, 5) is 29.7. The van der Waals surface area contributed by atoms with Crippen LogP contribution in [0.1, 0.15) is 30.1 Å². The summed E-state index contributed by atoms with van der Waals surface area (Å²) in [5.41, 5.74) is 4.31. The molecule has 0 aliphatic heterocycles. The van der Waals surface area contributed by atoms with E-state index in [9.17, 15) is 10.1 Å². The number of anilines is 4. The first-order valence-electron chi connectivity index (χ1n) is 12.7. The lowest BCUT2D eigenvalue weighted by molar-refractivity contribution is -0.105. The van der Waals surface area contributed by atoms with Gasteiger partial charge in [0, 0.05) is 38.3 Å². The molecule has 39 heavy (non-hydrogen) atoms. The van der Waals surface area contributed by atoms with Crippen molar-refractivity contribution in [3.05, 3.63) is 54.0 Å². The van der Waals surface area contributed by atoms with Crippen LogP contribution in [0.3, 0.4) is 0 Å². The van der Waals surface area contributed by atoms with Gasteiger partial charge >= 0.3 is 0 Å². The number of hydrogen-bond donors (Lipinski definition) is 2. The monoisotopic (exact) mass is 525 g/mol. The fourth-order valence-electron chi connectivity index (χ4n) is 4.48. The molecule has 0 unspecified atom stereocenters. The Morgan fingerprint density at radius 1 is 1.13 bits per heavy atom. The molecule has 1 aliphatic carbocycles. The number of ether oxygens (including phenoxy) is 1. The van der Waals surface area contributed by atoms with Crippen molar-refractivity contribution in [2.24, 2.45) is 0 Å². The quantitative estimate of drug-likeness (QED) is 0.281. The van der Waals surface area contributed by atoms with Gasteiger partial charge in [-0.15, -0.1) is 0 Å². The number of carbonyl (C=O) groups excluding carboxylic acids is 1. The number of rotatable bonds is 11. The molecule has 0 spiro atoms. The van der Waals surface area contributed by atoms with Crippen molar-refractivity contribution >= 4 is 40.5 Å². The second-order valence-corrected chi connectivity index (χ2v) is 9.82. The van der Waals surface area contributed by atoms with Gasteiger partial charge in [0.05, 0.1) is 46.8 Å². The van der Waals surface area contributed by atoms with Crippen LogP contribution < -0.4 is 20.3 Å². The Balaban J connectivity index is 1.51. The second kappa shape index (κ2) is 11.0. The highest BCUT2D eigenvalue weighted by atomic mass is 16.5. The number of carbonyl (C=O) groups is 1. The van der Waals surface area contributed by atoms with Crippen LogP contribution in [0.25, 0.3) is 16.9 Å². The zero-order valence-corrected chi connectivity index (χ0v) is 22.5. The number of imidazole rings is 1. The van der Waals surface area contributed by atoms with Crippen molar-refractivity contribution in [2.75, 3.05) is 56.9 Å². The lowest BCUT2D eigenvalue weighted by atomic mass is 10.2. The Bertz CT molecular complexity index is 1550. The summed E-state index contributed by atoms with van der Waals surface area (Å²) in [5.74, 6) is 2.93. The third-order valence-electron chi connectivity index (χ3n) is 6.69. The highest BCUT2D eigenvalue weighted by Crippen LogP contribution is 2.42.